The van der Waals surface area contributed by atoms with Crippen LogP contribution in [0.5, 0.6) is 0 Å². The largest absolute Gasteiger partial charge is 0.237 e. The fourth-order valence-corrected chi connectivity index (χ4v) is 3.37. The Balaban J connectivity index is 0.00000105. The molecule has 0 spiro atoms. The molecular weight excluding hydrogens is 343 g/mol. The molecule has 0 saturated carbocycles. The van der Waals surface area contributed by atoms with Crippen molar-refractivity contribution in [1.82, 2.24) is 4.41 Å². The first-order chi connectivity index (χ1) is 12.3. The maximum Gasteiger partial charge on any atom is 0.123 e. The first-order valence-electron chi connectivity index (χ1n) is 9.15. The molecule has 0 fully saturated rings. The quantitative estimate of drug-likeness (QED) is 0.325. The Hall–Kier alpha value is -1.81. The molecule has 0 aliphatic heterocycles. The van der Waals surface area contributed by atoms with Gasteiger partial charge in [-0.3, -0.25) is 0 Å². The zero-order chi connectivity index (χ0) is 19.7. The highest BCUT2D eigenvalue weighted by molar-refractivity contribution is 7.97. The van der Waals surface area contributed by atoms with E-state index in [1.54, 1.807) is 24.1 Å². The van der Waals surface area contributed by atoms with Gasteiger partial charge in [-0.25, -0.2) is 8.80 Å². The summed E-state index contributed by atoms with van der Waals surface area (Å²) in [5, 5.41) is 4.65. The van der Waals surface area contributed by atoms with Crippen LogP contribution in [0.2, 0.25) is 0 Å². The van der Waals surface area contributed by atoms with Crippen LogP contribution < -0.4 is 0 Å². The lowest BCUT2D eigenvalue weighted by atomic mass is 9.96. The van der Waals surface area contributed by atoms with Gasteiger partial charge in [-0.05, 0) is 62.6 Å². The van der Waals surface area contributed by atoms with E-state index in [0.717, 1.165) is 33.7 Å². The molecule has 2 rings (SSSR count). The highest BCUT2D eigenvalue weighted by Gasteiger charge is 2.11. The molecule has 0 unspecified atom stereocenters. The summed E-state index contributed by atoms with van der Waals surface area (Å²) >= 11 is 1.57. The normalized spacial score (nSPS) is 11.0. The lowest BCUT2D eigenvalue weighted by Gasteiger charge is -2.16. The van der Waals surface area contributed by atoms with E-state index in [1.165, 1.54) is 12.0 Å². The van der Waals surface area contributed by atoms with Crippen LogP contribution >= 0.6 is 11.9 Å². The first-order valence-corrected chi connectivity index (χ1v) is 9.92. The van der Waals surface area contributed by atoms with Crippen molar-refractivity contribution in [3.63, 3.8) is 0 Å². The van der Waals surface area contributed by atoms with Gasteiger partial charge in [-0.15, -0.1) is 0 Å². The molecule has 0 heterocycles. The molecule has 0 aliphatic rings. The van der Waals surface area contributed by atoms with E-state index in [9.17, 15) is 4.39 Å². The van der Waals surface area contributed by atoms with E-state index in [1.807, 2.05) is 32.2 Å². The van der Waals surface area contributed by atoms with Crippen molar-refractivity contribution in [2.45, 2.75) is 59.3 Å². The third-order valence-corrected chi connectivity index (χ3v) is 4.50. The second-order valence-electron chi connectivity index (χ2n) is 6.37. The van der Waals surface area contributed by atoms with Crippen molar-refractivity contribution in [2.24, 2.45) is 5.10 Å². The Kier molecular flexibility index (Phi) is 9.42. The maximum absolute atomic E-state index is 13.6. The van der Waals surface area contributed by atoms with Gasteiger partial charge in [0, 0.05) is 29.5 Å². The fourth-order valence-electron chi connectivity index (χ4n) is 2.64. The number of halogens is 1. The van der Waals surface area contributed by atoms with Crippen molar-refractivity contribution in [3.8, 4) is 0 Å². The topological polar surface area (TPSA) is 15.6 Å². The van der Waals surface area contributed by atoms with Gasteiger partial charge < -0.3 is 0 Å². The van der Waals surface area contributed by atoms with Crippen LogP contribution in [-0.2, 0) is 6.42 Å². The highest BCUT2D eigenvalue weighted by Crippen LogP contribution is 2.24. The smallest absolute Gasteiger partial charge is 0.123 e. The molecule has 0 saturated heterocycles. The zero-order valence-electron chi connectivity index (χ0n) is 17.1. The third-order valence-electron chi connectivity index (χ3n) is 3.67. The minimum atomic E-state index is -0.182. The summed E-state index contributed by atoms with van der Waals surface area (Å²) in [6, 6.07) is 11.5. The molecule has 2 aromatic carbocycles. The van der Waals surface area contributed by atoms with E-state index >= 15 is 0 Å². The Bertz CT molecular complexity index is 724. The second-order valence-corrected chi connectivity index (χ2v) is 7.55. The molecule has 0 amide bonds. The Morgan fingerprint density at radius 1 is 1.08 bits per heavy atom. The lowest BCUT2D eigenvalue weighted by Crippen LogP contribution is -2.10. The number of hydrogen-bond donors (Lipinski definition) is 0. The number of hydrazone groups is 1. The Morgan fingerprint density at radius 2 is 1.65 bits per heavy atom. The summed E-state index contributed by atoms with van der Waals surface area (Å²) in [4.78, 5) is 1.14. The van der Waals surface area contributed by atoms with Crippen LogP contribution in [0.3, 0.4) is 0 Å². The SMILES string of the molecule is CCC.CCc1cc(F)cc(C)c1/C(C)=N\N(C)Sc1ccc(C)cc1. The number of nitrogens with zero attached hydrogens (tertiary/aromatic N) is 2. The van der Waals surface area contributed by atoms with Gasteiger partial charge in [-0.1, -0.05) is 44.9 Å². The van der Waals surface area contributed by atoms with Crippen LogP contribution in [0.15, 0.2) is 46.4 Å². The summed E-state index contributed by atoms with van der Waals surface area (Å²) < 4.78 is 15.4. The maximum atomic E-state index is 13.6. The van der Waals surface area contributed by atoms with Crippen LogP contribution in [0, 0.1) is 19.7 Å². The molecular formula is C22H31FN2S. The summed E-state index contributed by atoms with van der Waals surface area (Å²) in [6.07, 6.45) is 2.04. The minimum Gasteiger partial charge on any atom is -0.237 e. The second kappa shape index (κ2) is 11.0. The van der Waals surface area contributed by atoms with Crippen LogP contribution in [0.25, 0.3) is 0 Å². The van der Waals surface area contributed by atoms with Gasteiger partial charge in [0.05, 0.1) is 5.71 Å². The van der Waals surface area contributed by atoms with E-state index < -0.39 is 0 Å². The van der Waals surface area contributed by atoms with Gasteiger partial charge >= 0.3 is 0 Å². The molecule has 2 nitrogen and oxygen atoms in total. The predicted octanol–water partition coefficient (Wildman–Crippen LogP) is 6.78. The lowest BCUT2D eigenvalue weighted by molar-refractivity contribution is 0.613. The van der Waals surface area contributed by atoms with Crippen molar-refractivity contribution >= 4 is 17.7 Å². The zero-order valence-corrected chi connectivity index (χ0v) is 17.9. The van der Waals surface area contributed by atoms with E-state index in [4.69, 9.17) is 0 Å². The van der Waals surface area contributed by atoms with Crippen LogP contribution in [-0.4, -0.2) is 17.2 Å². The summed E-state index contributed by atoms with van der Waals surface area (Å²) in [5.74, 6) is -0.182. The van der Waals surface area contributed by atoms with Crippen molar-refractivity contribution in [2.75, 3.05) is 7.05 Å². The molecule has 142 valence electrons. The average molecular weight is 375 g/mol. The molecule has 0 N–H and O–H groups in total. The van der Waals surface area contributed by atoms with E-state index in [0.29, 0.717) is 0 Å². The molecule has 2 aromatic rings. The first kappa shape index (κ1) is 22.2. The molecule has 0 aromatic heterocycles. The summed E-state index contributed by atoms with van der Waals surface area (Å²) in [5.41, 5.74) is 5.12. The Labute approximate surface area is 162 Å². The van der Waals surface area contributed by atoms with Gasteiger partial charge in [0.15, 0.2) is 0 Å². The third kappa shape index (κ3) is 6.83. The van der Waals surface area contributed by atoms with E-state index in [2.05, 4.69) is 50.1 Å². The van der Waals surface area contributed by atoms with Gasteiger partial charge in [-0.2, -0.15) is 5.10 Å². The highest BCUT2D eigenvalue weighted by atomic mass is 32.2. The van der Waals surface area contributed by atoms with Crippen molar-refractivity contribution in [1.29, 1.82) is 0 Å². The van der Waals surface area contributed by atoms with Crippen molar-refractivity contribution < 1.29 is 4.39 Å². The predicted molar refractivity (Wildman–Crippen MR) is 113 cm³/mol. The Morgan fingerprint density at radius 3 is 2.19 bits per heavy atom. The van der Waals surface area contributed by atoms with Crippen LogP contribution in [0.4, 0.5) is 4.39 Å². The van der Waals surface area contributed by atoms with Gasteiger partial charge in [0.1, 0.15) is 5.82 Å². The van der Waals surface area contributed by atoms with Crippen molar-refractivity contribution in [3.05, 3.63) is 64.5 Å². The molecule has 0 bridgehead atoms. The minimum absolute atomic E-state index is 0.182. The summed E-state index contributed by atoms with van der Waals surface area (Å²) in [7, 11) is 1.93. The number of hydrogen-bond acceptors (Lipinski definition) is 3. The number of aryl methyl sites for hydroxylation is 3. The fraction of sp³-hybridized carbons (Fsp3) is 0.409. The van der Waals surface area contributed by atoms with Gasteiger partial charge in [0.25, 0.3) is 0 Å². The van der Waals surface area contributed by atoms with Gasteiger partial charge in [0.2, 0.25) is 0 Å². The average Bonchev–Trinajstić information content (AvgIpc) is 2.56. The molecule has 4 heteroatoms. The molecule has 0 atom stereocenters. The molecule has 26 heavy (non-hydrogen) atoms. The monoisotopic (exact) mass is 374 g/mol. The number of benzene rings is 2. The molecule has 0 aliphatic carbocycles. The molecule has 0 radical (unpaired) electrons. The standard InChI is InChI=1S/C19H23FN2S.C3H8/c1-6-16-12-17(20)11-14(3)19(16)15(4)21-22(5)23-18-9-7-13(2)8-10-18;1-3-2/h7-12H,6H2,1-5H3;3H2,1-2H3/b21-15-;. The number of rotatable bonds is 5. The van der Waals surface area contributed by atoms with E-state index in [-0.39, 0.29) is 5.82 Å². The van der Waals surface area contributed by atoms with Crippen LogP contribution in [0.1, 0.15) is 56.4 Å². The summed E-state index contributed by atoms with van der Waals surface area (Å²) in [6.45, 7) is 12.3.